The molecular formula is C21H25N5O3. The fourth-order valence-electron chi connectivity index (χ4n) is 4.00. The summed E-state index contributed by atoms with van der Waals surface area (Å²) >= 11 is 0. The normalized spacial score (nSPS) is 17.3. The largest absolute Gasteiger partial charge is 0.497 e. The van der Waals surface area contributed by atoms with E-state index < -0.39 is 0 Å². The summed E-state index contributed by atoms with van der Waals surface area (Å²) in [7, 11) is 3.38. The van der Waals surface area contributed by atoms with Crippen molar-refractivity contribution in [1.82, 2.24) is 24.2 Å². The monoisotopic (exact) mass is 395 g/mol. The molecule has 0 radical (unpaired) electrons. The highest BCUT2D eigenvalue weighted by atomic mass is 16.5. The van der Waals surface area contributed by atoms with E-state index in [4.69, 9.17) is 4.74 Å². The number of likely N-dealkylation sites (tertiary alicyclic amines) is 1. The Bertz CT molecular complexity index is 1070. The zero-order valence-corrected chi connectivity index (χ0v) is 16.7. The summed E-state index contributed by atoms with van der Waals surface area (Å²) in [5.41, 5.74) is 1.37. The maximum Gasteiger partial charge on any atom is 0.264 e. The van der Waals surface area contributed by atoms with Gasteiger partial charge in [0.1, 0.15) is 24.0 Å². The minimum atomic E-state index is -0.243. The van der Waals surface area contributed by atoms with Gasteiger partial charge in [-0.1, -0.05) is 25.0 Å². The third kappa shape index (κ3) is 3.74. The Morgan fingerprint density at radius 3 is 2.76 bits per heavy atom. The molecule has 0 spiro atoms. The van der Waals surface area contributed by atoms with Crippen molar-refractivity contribution in [2.24, 2.45) is 7.05 Å². The summed E-state index contributed by atoms with van der Waals surface area (Å²) in [5, 5.41) is 4.50. The van der Waals surface area contributed by atoms with Gasteiger partial charge in [-0.25, -0.2) is 4.98 Å². The zero-order chi connectivity index (χ0) is 20.4. The van der Waals surface area contributed by atoms with Gasteiger partial charge in [0.15, 0.2) is 5.65 Å². The lowest BCUT2D eigenvalue weighted by atomic mass is 10.0. The Morgan fingerprint density at radius 2 is 2.00 bits per heavy atom. The topological polar surface area (TPSA) is 82.2 Å². The van der Waals surface area contributed by atoms with Crippen LogP contribution in [-0.2, 0) is 18.4 Å². The summed E-state index contributed by atoms with van der Waals surface area (Å²) in [6.45, 7) is 0.663. The first kappa shape index (κ1) is 19.2. The van der Waals surface area contributed by atoms with E-state index in [1.165, 1.54) is 17.1 Å². The molecule has 1 atom stereocenters. The lowest BCUT2D eigenvalue weighted by Crippen LogP contribution is -2.39. The third-order valence-corrected chi connectivity index (χ3v) is 5.60. The number of ether oxygens (including phenoxy) is 1. The van der Waals surface area contributed by atoms with E-state index in [9.17, 15) is 9.59 Å². The number of aryl methyl sites for hydroxylation is 1. The second-order valence-corrected chi connectivity index (χ2v) is 7.41. The van der Waals surface area contributed by atoms with Gasteiger partial charge in [-0.05, 0) is 30.5 Å². The molecule has 1 amide bonds. The van der Waals surface area contributed by atoms with E-state index in [0.29, 0.717) is 17.6 Å². The van der Waals surface area contributed by atoms with Crippen LogP contribution in [0.15, 0.2) is 41.6 Å². The van der Waals surface area contributed by atoms with Crippen molar-refractivity contribution in [2.45, 2.75) is 38.3 Å². The van der Waals surface area contributed by atoms with Gasteiger partial charge in [0, 0.05) is 13.6 Å². The molecule has 8 heteroatoms. The number of methoxy groups -OCH3 is 1. The van der Waals surface area contributed by atoms with E-state index in [-0.39, 0.29) is 24.1 Å². The lowest BCUT2D eigenvalue weighted by Gasteiger charge is -2.31. The number of aromatic nitrogens is 4. The summed E-state index contributed by atoms with van der Waals surface area (Å²) < 4.78 is 8.18. The van der Waals surface area contributed by atoms with Gasteiger partial charge in [-0.2, -0.15) is 5.10 Å². The molecule has 4 rings (SSSR count). The number of benzene rings is 1. The van der Waals surface area contributed by atoms with Crippen LogP contribution in [0.3, 0.4) is 0 Å². The summed E-state index contributed by atoms with van der Waals surface area (Å²) in [6.07, 6.45) is 6.98. The Balaban J connectivity index is 1.61. The number of nitrogens with zero attached hydrogens (tertiary/aromatic N) is 5. The van der Waals surface area contributed by atoms with Gasteiger partial charge in [-0.15, -0.1) is 0 Å². The molecule has 152 valence electrons. The number of carbonyl (C=O) groups is 1. The number of hydrogen-bond acceptors (Lipinski definition) is 5. The van der Waals surface area contributed by atoms with Crippen LogP contribution in [0.2, 0.25) is 0 Å². The Labute approximate surface area is 168 Å². The van der Waals surface area contributed by atoms with Gasteiger partial charge in [0.05, 0.1) is 19.3 Å². The highest BCUT2D eigenvalue weighted by Crippen LogP contribution is 2.31. The van der Waals surface area contributed by atoms with Crippen molar-refractivity contribution in [3.05, 3.63) is 52.7 Å². The molecule has 3 heterocycles. The smallest absolute Gasteiger partial charge is 0.264 e. The molecule has 1 fully saturated rings. The van der Waals surface area contributed by atoms with Gasteiger partial charge in [-0.3, -0.25) is 18.8 Å². The van der Waals surface area contributed by atoms with Crippen LogP contribution in [0.25, 0.3) is 11.0 Å². The SMILES string of the molecule is COc1ccc(C2CCCCCN2C(=O)Cn2cnc3c(cnn3C)c2=O)cc1. The van der Waals surface area contributed by atoms with E-state index in [1.807, 2.05) is 29.2 Å². The maximum atomic E-state index is 13.2. The number of fused-ring (bicyclic) bond motifs is 1. The van der Waals surface area contributed by atoms with Crippen molar-refractivity contribution < 1.29 is 9.53 Å². The van der Waals surface area contributed by atoms with Crippen molar-refractivity contribution in [1.29, 1.82) is 0 Å². The van der Waals surface area contributed by atoms with Crippen LogP contribution in [0, 0.1) is 0 Å². The van der Waals surface area contributed by atoms with E-state index in [2.05, 4.69) is 10.1 Å². The zero-order valence-electron chi connectivity index (χ0n) is 16.7. The minimum Gasteiger partial charge on any atom is -0.497 e. The van der Waals surface area contributed by atoms with Crippen molar-refractivity contribution in [3.8, 4) is 5.75 Å². The first-order valence-corrected chi connectivity index (χ1v) is 9.89. The number of amides is 1. The van der Waals surface area contributed by atoms with Crippen LogP contribution in [0.4, 0.5) is 0 Å². The molecule has 0 saturated carbocycles. The van der Waals surface area contributed by atoms with Crippen LogP contribution >= 0.6 is 0 Å². The molecule has 3 aromatic rings. The molecule has 1 unspecified atom stereocenters. The summed E-state index contributed by atoms with van der Waals surface area (Å²) in [4.78, 5) is 32.2. The Morgan fingerprint density at radius 1 is 1.21 bits per heavy atom. The quantitative estimate of drug-likeness (QED) is 0.677. The fraction of sp³-hybridized carbons (Fsp3) is 0.429. The molecule has 8 nitrogen and oxygen atoms in total. The van der Waals surface area contributed by atoms with Gasteiger partial charge in [0.25, 0.3) is 5.56 Å². The van der Waals surface area contributed by atoms with E-state index in [1.54, 1.807) is 18.8 Å². The van der Waals surface area contributed by atoms with Crippen LogP contribution in [0.1, 0.15) is 37.3 Å². The molecule has 1 saturated heterocycles. The first-order chi connectivity index (χ1) is 14.1. The van der Waals surface area contributed by atoms with Crippen LogP contribution in [-0.4, -0.2) is 43.8 Å². The Hall–Kier alpha value is -3.16. The van der Waals surface area contributed by atoms with Gasteiger partial charge in [0.2, 0.25) is 5.91 Å². The van der Waals surface area contributed by atoms with Crippen molar-refractivity contribution >= 4 is 16.9 Å². The molecule has 0 N–H and O–H groups in total. The summed E-state index contributed by atoms with van der Waals surface area (Å²) in [5.74, 6) is 0.725. The predicted molar refractivity (Wildman–Crippen MR) is 109 cm³/mol. The van der Waals surface area contributed by atoms with E-state index >= 15 is 0 Å². The Kier molecular flexibility index (Phi) is 5.33. The van der Waals surface area contributed by atoms with Crippen molar-refractivity contribution in [2.75, 3.05) is 13.7 Å². The van der Waals surface area contributed by atoms with Gasteiger partial charge >= 0.3 is 0 Å². The third-order valence-electron chi connectivity index (χ3n) is 5.60. The molecule has 1 aromatic carbocycles. The molecule has 29 heavy (non-hydrogen) atoms. The predicted octanol–water partition coefficient (Wildman–Crippen LogP) is 2.28. The highest BCUT2D eigenvalue weighted by Gasteiger charge is 2.27. The van der Waals surface area contributed by atoms with Crippen molar-refractivity contribution in [3.63, 3.8) is 0 Å². The summed E-state index contributed by atoms with van der Waals surface area (Å²) in [6, 6.07) is 7.89. The highest BCUT2D eigenvalue weighted by molar-refractivity contribution is 5.78. The number of rotatable bonds is 4. The number of hydrogen-bond donors (Lipinski definition) is 0. The molecule has 1 aliphatic heterocycles. The molecule has 0 aliphatic carbocycles. The first-order valence-electron chi connectivity index (χ1n) is 9.89. The molecule has 2 aromatic heterocycles. The van der Waals surface area contributed by atoms with Crippen LogP contribution in [0.5, 0.6) is 5.75 Å². The second kappa shape index (κ2) is 8.06. The van der Waals surface area contributed by atoms with Crippen LogP contribution < -0.4 is 10.3 Å². The number of carbonyl (C=O) groups excluding carboxylic acids is 1. The molecule has 1 aliphatic rings. The standard InChI is InChI=1S/C21H25N5O3/c1-24-20-17(12-23-24)21(28)25(14-22-20)13-19(27)26-11-5-3-4-6-18(26)15-7-9-16(29-2)10-8-15/h7-10,12,14,18H,3-6,11,13H2,1-2H3. The van der Waals surface area contributed by atoms with Gasteiger partial charge < -0.3 is 9.64 Å². The lowest BCUT2D eigenvalue weighted by molar-refractivity contribution is -0.134. The molecular weight excluding hydrogens is 370 g/mol. The molecule has 0 bridgehead atoms. The fourth-order valence-corrected chi connectivity index (χ4v) is 4.00. The maximum absolute atomic E-state index is 13.2. The average molecular weight is 395 g/mol. The van der Waals surface area contributed by atoms with E-state index in [0.717, 1.165) is 37.0 Å². The minimum absolute atomic E-state index is 0.00157. The second-order valence-electron chi connectivity index (χ2n) is 7.41. The average Bonchev–Trinajstić information content (AvgIpc) is 2.96.